The summed E-state index contributed by atoms with van der Waals surface area (Å²) in [5, 5.41) is 4.55. The van der Waals surface area contributed by atoms with Gasteiger partial charge in [0.25, 0.3) is 5.56 Å². The average molecular weight is 299 g/mol. The number of pyridine rings is 1. The zero-order chi connectivity index (χ0) is 15.4. The summed E-state index contributed by atoms with van der Waals surface area (Å²) in [6.07, 6.45) is 4.02. The van der Waals surface area contributed by atoms with Crippen LogP contribution in [0.1, 0.15) is 24.8 Å². The Morgan fingerprint density at radius 2 is 1.91 bits per heavy atom. The van der Waals surface area contributed by atoms with Gasteiger partial charge in [0.2, 0.25) is 0 Å². The van der Waals surface area contributed by atoms with Gasteiger partial charge in [-0.1, -0.05) is 24.6 Å². The zero-order valence-electron chi connectivity index (χ0n) is 13.3. The van der Waals surface area contributed by atoms with Crippen LogP contribution in [0.15, 0.2) is 35.1 Å². The smallest absolute Gasteiger partial charge is 0.255 e. The predicted molar refractivity (Wildman–Crippen MR) is 91.2 cm³/mol. The van der Waals surface area contributed by atoms with Gasteiger partial charge >= 0.3 is 0 Å². The van der Waals surface area contributed by atoms with E-state index in [-0.39, 0.29) is 5.56 Å². The van der Waals surface area contributed by atoms with Crippen LogP contribution in [0.5, 0.6) is 0 Å². The fourth-order valence-corrected chi connectivity index (χ4v) is 3.26. The van der Waals surface area contributed by atoms with Gasteiger partial charge in [-0.2, -0.15) is 0 Å². The van der Waals surface area contributed by atoms with E-state index in [9.17, 15) is 4.79 Å². The lowest BCUT2D eigenvalue weighted by atomic mass is 10.1. The number of nitrogens with one attached hydrogen (secondary N) is 1. The lowest BCUT2D eigenvalue weighted by molar-refractivity contribution is 0.229. The van der Waals surface area contributed by atoms with E-state index in [1.165, 1.54) is 32.4 Å². The van der Waals surface area contributed by atoms with Crippen LogP contribution >= 0.6 is 0 Å². The Bertz CT molecular complexity index is 686. The monoisotopic (exact) mass is 299 g/mol. The molecule has 3 rings (SSSR count). The quantitative estimate of drug-likeness (QED) is 0.859. The fraction of sp³-hybridized carbons (Fsp3) is 0.500. The largest absolute Gasteiger partial charge is 0.311 e. The summed E-state index contributed by atoms with van der Waals surface area (Å²) >= 11 is 0. The topological polar surface area (TPSA) is 37.3 Å². The number of para-hydroxylation sites is 1. The van der Waals surface area contributed by atoms with Crippen molar-refractivity contribution < 1.29 is 0 Å². The van der Waals surface area contributed by atoms with Crippen molar-refractivity contribution >= 4 is 10.9 Å². The predicted octanol–water partition coefficient (Wildman–Crippen LogP) is 2.11. The number of aromatic nitrogens is 1. The SMILES string of the molecule is Cn1c(=O)c(CNCCN2CCCCC2)cc2ccccc21. The molecular formula is C18H25N3O. The molecule has 22 heavy (non-hydrogen) atoms. The van der Waals surface area contributed by atoms with Gasteiger partial charge in [0.15, 0.2) is 0 Å². The third kappa shape index (κ3) is 3.39. The Labute approximate surface area is 131 Å². The molecule has 1 saturated heterocycles. The van der Waals surface area contributed by atoms with Crippen LogP contribution in [0.25, 0.3) is 10.9 Å². The molecule has 0 aliphatic carbocycles. The van der Waals surface area contributed by atoms with Crippen molar-refractivity contribution in [3.05, 3.63) is 46.2 Å². The first-order valence-corrected chi connectivity index (χ1v) is 8.26. The molecule has 4 nitrogen and oxygen atoms in total. The summed E-state index contributed by atoms with van der Waals surface area (Å²) < 4.78 is 1.75. The summed E-state index contributed by atoms with van der Waals surface area (Å²) in [7, 11) is 1.85. The van der Waals surface area contributed by atoms with Gasteiger partial charge in [0.05, 0.1) is 5.52 Å². The number of aryl methyl sites for hydroxylation is 1. The lowest BCUT2D eigenvalue weighted by Gasteiger charge is -2.26. The molecule has 1 fully saturated rings. The van der Waals surface area contributed by atoms with Crippen LogP contribution in [-0.2, 0) is 13.6 Å². The van der Waals surface area contributed by atoms with E-state index in [2.05, 4.69) is 16.3 Å². The number of fused-ring (bicyclic) bond motifs is 1. The molecule has 0 unspecified atom stereocenters. The second-order valence-electron chi connectivity index (χ2n) is 6.17. The Kier molecular flexibility index (Phi) is 4.90. The minimum Gasteiger partial charge on any atom is -0.311 e. The van der Waals surface area contributed by atoms with Crippen LogP contribution in [0.2, 0.25) is 0 Å². The number of likely N-dealkylation sites (tertiary alicyclic amines) is 1. The van der Waals surface area contributed by atoms with E-state index in [1.807, 2.05) is 31.3 Å². The van der Waals surface area contributed by atoms with E-state index in [4.69, 9.17) is 0 Å². The number of hydrogen-bond donors (Lipinski definition) is 1. The Morgan fingerprint density at radius 3 is 2.73 bits per heavy atom. The van der Waals surface area contributed by atoms with E-state index < -0.39 is 0 Å². The third-order valence-corrected chi connectivity index (χ3v) is 4.58. The van der Waals surface area contributed by atoms with Gasteiger partial charge in [0.1, 0.15) is 0 Å². The second-order valence-corrected chi connectivity index (χ2v) is 6.17. The van der Waals surface area contributed by atoms with Gasteiger partial charge < -0.3 is 14.8 Å². The minimum absolute atomic E-state index is 0.101. The van der Waals surface area contributed by atoms with Crippen molar-refractivity contribution in [1.82, 2.24) is 14.8 Å². The molecule has 0 saturated carbocycles. The molecule has 0 amide bonds. The Hall–Kier alpha value is -1.65. The van der Waals surface area contributed by atoms with Gasteiger partial charge in [0, 0.05) is 32.2 Å². The summed E-state index contributed by atoms with van der Waals surface area (Å²) in [6.45, 7) is 5.11. The van der Waals surface area contributed by atoms with Crippen LogP contribution in [0.4, 0.5) is 0 Å². The standard InChI is InChI=1S/C18H25N3O/c1-20-17-8-4-3-7-15(17)13-16(18(20)22)14-19-9-12-21-10-5-2-6-11-21/h3-4,7-8,13,19H,2,5-6,9-12,14H2,1H3. The number of hydrogen-bond acceptors (Lipinski definition) is 3. The molecule has 0 radical (unpaired) electrons. The van der Waals surface area contributed by atoms with Crippen molar-refractivity contribution in [3.8, 4) is 0 Å². The molecular weight excluding hydrogens is 274 g/mol. The molecule has 4 heteroatoms. The fourth-order valence-electron chi connectivity index (χ4n) is 3.26. The van der Waals surface area contributed by atoms with E-state index >= 15 is 0 Å². The summed E-state index contributed by atoms with van der Waals surface area (Å²) in [6, 6.07) is 10.1. The first-order chi connectivity index (χ1) is 10.8. The molecule has 118 valence electrons. The first-order valence-electron chi connectivity index (χ1n) is 8.26. The zero-order valence-corrected chi connectivity index (χ0v) is 13.3. The highest BCUT2D eigenvalue weighted by molar-refractivity contribution is 5.79. The molecule has 0 bridgehead atoms. The van der Waals surface area contributed by atoms with Crippen LogP contribution in [0, 0.1) is 0 Å². The van der Waals surface area contributed by atoms with Gasteiger partial charge in [-0.25, -0.2) is 0 Å². The number of piperidine rings is 1. The van der Waals surface area contributed by atoms with E-state index in [0.717, 1.165) is 29.6 Å². The van der Waals surface area contributed by atoms with E-state index in [0.29, 0.717) is 6.54 Å². The van der Waals surface area contributed by atoms with E-state index in [1.54, 1.807) is 4.57 Å². The molecule has 2 heterocycles. The number of nitrogens with zero attached hydrogens (tertiary/aromatic N) is 2. The normalized spacial score (nSPS) is 16.2. The maximum Gasteiger partial charge on any atom is 0.255 e. The summed E-state index contributed by atoms with van der Waals surface area (Å²) in [4.78, 5) is 14.9. The number of benzene rings is 1. The lowest BCUT2D eigenvalue weighted by Crippen LogP contribution is -2.36. The summed E-state index contributed by atoms with van der Waals surface area (Å²) in [5.41, 5.74) is 1.94. The van der Waals surface area contributed by atoms with Crippen molar-refractivity contribution in [2.24, 2.45) is 7.05 Å². The Morgan fingerprint density at radius 1 is 1.14 bits per heavy atom. The average Bonchev–Trinajstić information content (AvgIpc) is 2.57. The highest BCUT2D eigenvalue weighted by Gasteiger charge is 2.09. The molecule has 1 aromatic carbocycles. The molecule has 1 aliphatic rings. The molecule has 1 aliphatic heterocycles. The third-order valence-electron chi connectivity index (χ3n) is 4.58. The van der Waals surface area contributed by atoms with Crippen molar-refractivity contribution in [2.75, 3.05) is 26.2 Å². The van der Waals surface area contributed by atoms with Gasteiger partial charge in [-0.15, -0.1) is 0 Å². The van der Waals surface area contributed by atoms with Crippen molar-refractivity contribution in [1.29, 1.82) is 0 Å². The highest BCUT2D eigenvalue weighted by atomic mass is 16.1. The van der Waals surface area contributed by atoms with Gasteiger partial charge in [-0.3, -0.25) is 4.79 Å². The minimum atomic E-state index is 0.101. The van der Waals surface area contributed by atoms with Crippen molar-refractivity contribution in [3.63, 3.8) is 0 Å². The Balaban J connectivity index is 1.61. The number of rotatable bonds is 5. The van der Waals surface area contributed by atoms with Gasteiger partial charge in [-0.05, 0) is 43.5 Å². The van der Waals surface area contributed by atoms with Crippen LogP contribution in [0.3, 0.4) is 0 Å². The van der Waals surface area contributed by atoms with Crippen LogP contribution in [-0.4, -0.2) is 35.6 Å². The molecule has 1 N–H and O–H groups in total. The summed E-state index contributed by atoms with van der Waals surface area (Å²) in [5.74, 6) is 0. The van der Waals surface area contributed by atoms with Crippen molar-refractivity contribution in [2.45, 2.75) is 25.8 Å². The molecule has 0 atom stereocenters. The maximum absolute atomic E-state index is 12.4. The highest BCUT2D eigenvalue weighted by Crippen LogP contribution is 2.12. The second kappa shape index (κ2) is 7.07. The molecule has 2 aromatic rings. The maximum atomic E-state index is 12.4. The first kappa shape index (κ1) is 15.3. The molecule has 0 spiro atoms. The van der Waals surface area contributed by atoms with Crippen LogP contribution < -0.4 is 10.9 Å². The molecule has 1 aromatic heterocycles.